The number of hydrogen-bond donors (Lipinski definition) is 2. The molecular formula is C19H24O5. The number of fused-ring (bicyclic) bond motifs is 1. The van der Waals surface area contributed by atoms with E-state index < -0.39 is 5.97 Å². The molecule has 2 rings (SSSR count). The molecule has 1 heterocycles. The second-order valence-electron chi connectivity index (χ2n) is 6.45. The van der Waals surface area contributed by atoms with Crippen molar-refractivity contribution in [1.82, 2.24) is 0 Å². The number of benzene rings is 1. The summed E-state index contributed by atoms with van der Waals surface area (Å²) in [4.78, 5) is 24.3. The highest BCUT2D eigenvalue weighted by Crippen LogP contribution is 2.30. The minimum Gasteiger partial charge on any atom is -0.508 e. The largest absolute Gasteiger partial charge is 0.508 e. The standard InChI is InChI=1S/C19H24O5/c1-12-6-8-14-10-16(21)11-17(22)18(14)19(23)24-13(2)4-3-5-15(20)9-7-12/h6,8,10-13,21-22H,3-5,7,9H2,1-2H3/b8-6+/t12-,13-/m0/s1. The fourth-order valence-corrected chi connectivity index (χ4v) is 2.75. The maximum absolute atomic E-state index is 12.4. The van der Waals surface area contributed by atoms with E-state index in [0.29, 0.717) is 31.2 Å². The first kappa shape index (κ1) is 18.0. The van der Waals surface area contributed by atoms with Crippen LogP contribution in [0.25, 0.3) is 6.08 Å². The summed E-state index contributed by atoms with van der Waals surface area (Å²) in [6.45, 7) is 3.75. The molecule has 5 nitrogen and oxygen atoms in total. The maximum Gasteiger partial charge on any atom is 0.342 e. The third-order valence-corrected chi connectivity index (χ3v) is 4.19. The van der Waals surface area contributed by atoms with Crippen LogP contribution in [0.4, 0.5) is 0 Å². The Morgan fingerprint density at radius 1 is 1.08 bits per heavy atom. The van der Waals surface area contributed by atoms with E-state index in [9.17, 15) is 19.8 Å². The van der Waals surface area contributed by atoms with Crippen LogP contribution in [0, 0.1) is 5.92 Å². The number of aromatic hydroxyl groups is 2. The van der Waals surface area contributed by atoms with Crippen molar-refractivity contribution >= 4 is 17.8 Å². The van der Waals surface area contributed by atoms with Gasteiger partial charge in [-0.3, -0.25) is 4.79 Å². The van der Waals surface area contributed by atoms with Crippen LogP contribution in [0.5, 0.6) is 11.5 Å². The zero-order valence-corrected chi connectivity index (χ0v) is 14.1. The smallest absolute Gasteiger partial charge is 0.342 e. The average Bonchev–Trinajstić information content (AvgIpc) is 2.49. The van der Waals surface area contributed by atoms with E-state index in [0.717, 1.165) is 12.5 Å². The van der Waals surface area contributed by atoms with Gasteiger partial charge in [-0.1, -0.05) is 19.1 Å². The van der Waals surface area contributed by atoms with Crippen LogP contribution in [-0.2, 0) is 9.53 Å². The number of ketones is 1. The van der Waals surface area contributed by atoms with Crippen LogP contribution < -0.4 is 0 Å². The Kier molecular flexibility index (Phi) is 6.01. The van der Waals surface area contributed by atoms with Gasteiger partial charge in [0.2, 0.25) is 0 Å². The third-order valence-electron chi connectivity index (χ3n) is 4.19. The predicted molar refractivity (Wildman–Crippen MR) is 90.9 cm³/mol. The molecule has 0 saturated heterocycles. The fraction of sp³-hybridized carbons (Fsp3) is 0.474. The molecule has 2 atom stereocenters. The molecule has 1 aliphatic heterocycles. The first-order valence-electron chi connectivity index (χ1n) is 8.33. The number of ether oxygens (including phenoxy) is 1. The first-order chi connectivity index (χ1) is 11.4. The fourth-order valence-electron chi connectivity index (χ4n) is 2.75. The Balaban J connectivity index is 2.37. The molecule has 0 saturated carbocycles. The van der Waals surface area contributed by atoms with Crippen molar-refractivity contribution in [2.45, 2.75) is 52.1 Å². The highest BCUT2D eigenvalue weighted by molar-refractivity contribution is 5.97. The van der Waals surface area contributed by atoms with Gasteiger partial charge in [-0.05, 0) is 43.7 Å². The number of phenolic OH excluding ortho intramolecular Hbond substituents is 2. The van der Waals surface area contributed by atoms with Crippen molar-refractivity contribution in [3.63, 3.8) is 0 Å². The van der Waals surface area contributed by atoms with Crippen LogP contribution in [0.15, 0.2) is 18.2 Å². The zero-order chi connectivity index (χ0) is 17.7. The van der Waals surface area contributed by atoms with Gasteiger partial charge in [0.05, 0.1) is 6.10 Å². The second kappa shape index (κ2) is 7.99. The molecule has 0 unspecified atom stereocenters. The quantitative estimate of drug-likeness (QED) is 0.706. The Labute approximate surface area is 142 Å². The number of phenols is 2. The van der Waals surface area contributed by atoms with E-state index in [-0.39, 0.29) is 34.9 Å². The van der Waals surface area contributed by atoms with Crippen LogP contribution in [0.1, 0.15) is 61.9 Å². The number of hydrogen-bond acceptors (Lipinski definition) is 5. The summed E-state index contributed by atoms with van der Waals surface area (Å²) in [5.41, 5.74) is 0.455. The van der Waals surface area contributed by atoms with E-state index in [1.165, 1.54) is 6.07 Å². The number of carbonyl (C=O) groups is 2. The number of esters is 1. The Bertz CT molecular complexity index is 647. The zero-order valence-electron chi connectivity index (χ0n) is 14.1. The van der Waals surface area contributed by atoms with Crippen LogP contribution in [-0.4, -0.2) is 28.1 Å². The summed E-state index contributed by atoms with van der Waals surface area (Å²) in [5, 5.41) is 19.7. The molecule has 0 spiro atoms. The van der Waals surface area contributed by atoms with E-state index in [4.69, 9.17) is 4.74 Å². The Hall–Kier alpha value is -2.30. The molecule has 0 fully saturated rings. The molecule has 1 aromatic carbocycles. The normalized spacial score (nSPS) is 24.6. The molecule has 24 heavy (non-hydrogen) atoms. The second-order valence-corrected chi connectivity index (χ2v) is 6.45. The molecule has 0 aliphatic carbocycles. The number of cyclic esters (lactones) is 1. The van der Waals surface area contributed by atoms with Crippen LogP contribution >= 0.6 is 0 Å². The molecular weight excluding hydrogens is 308 g/mol. The number of carbonyl (C=O) groups excluding carboxylic acids is 2. The van der Waals surface area contributed by atoms with Crippen molar-refractivity contribution in [1.29, 1.82) is 0 Å². The van der Waals surface area contributed by atoms with Gasteiger partial charge in [-0.15, -0.1) is 0 Å². The van der Waals surface area contributed by atoms with Crippen molar-refractivity contribution < 1.29 is 24.5 Å². The van der Waals surface area contributed by atoms with E-state index >= 15 is 0 Å². The molecule has 0 bridgehead atoms. The molecule has 0 amide bonds. The minimum atomic E-state index is -0.629. The van der Waals surface area contributed by atoms with Gasteiger partial charge in [0, 0.05) is 18.9 Å². The van der Waals surface area contributed by atoms with E-state index in [2.05, 4.69) is 0 Å². The third kappa shape index (κ3) is 4.85. The number of Topliss-reactive ketones (excluding diaryl/α,β-unsaturated/α-hetero) is 1. The average molecular weight is 332 g/mol. The van der Waals surface area contributed by atoms with Gasteiger partial charge >= 0.3 is 5.97 Å². The van der Waals surface area contributed by atoms with Gasteiger partial charge in [0.15, 0.2) is 0 Å². The minimum absolute atomic E-state index is 0.0521. The summed E-state index contributed by atoms with van der Waals surface area (Å²) in [6.07, 6.45) is 6.22. The molecule has 0 aromatic heterocycles. The van der Waals surface area contributed by atoms with Gasteiger partial charge in [-0.25, -0.2) is 4.79 Å². The molecule has 5 heteroatoms. The van der Waals surface area contributed by atoms with Crippen molar-refractivity contribution in [2.24, 2.45) is 5.92 Å². The Morgan fingerprint density at radius 3 is 2.58 bits per heavy atom. The lowest BCUT2D eigenvalue weighted by molar-refractivity contribution is -0.119. The number of allylic oxidation sites excluding steroid dienone is 1. The molecule has 130 valence electrons. The van der Waals surface area contributed by atoms with Gasteiger partial charge < -0.3 is 14.9 Å². The van der Waals surface area contributed by atoms with Crippen LogP contribution in [0.2, 0.25) is 0 Å². The molecule has 2 N–H and O–H groups in total. The van der Waals surface area contributed by atoms with Crippen molar-refractivity contribution in [3.8, 4) is 11.5 Å². The van der Waals surface area contributed by atoms with Crippen molar-refractivity contribution in [2.75, 3.05) is 0 Å². The summed E-state index contributed by atoms with van der Waals surface area (Å²) in [7, 11) is 0. The highest BCUT2D eigenvalue weighted by atomic mass is 16.5. The highest BCUT2D eigenvalue weighted by Gasteiger charge is 2.21. The SMILES string of the molecule is C[C@H]1/C=C/c2cc(O)cc(O)c2C(=O)O[C@@H](C)CCCC(=O)CC1. The summed E-state index contributed by atoms with van der Waals surface area (Å²) < 4.78 is 5.38. The first-order valence-corrected chi connectivity index (χ1v) is 8.33. The lowest BCUT2D eigenvalue weighted by Gasteiger charge is -2.16. The summed E-state index contributed by atoms with van der Waals surface area (Å²) >= 11 is 0. The van der Waals surface area contributed by atoms with Gasteiger partial charge in [-0.2, -0.15) is 0 Å². The predicted octanol–water partition coefficient (Wildman–Crippen LogP) is 3.83. The molecule has 1 aromatic rings. The van der Waals surface area contributed by atoms with E-state index in [1.807, 2.05) is 13.0 Å². The van der Waals surface area contributed by atoms with Crippen LogP contribution in [0.3, 0.4) is 0 Å². The summed E-state index contributed by atoms with van der Waals surface area (Å²) in [6, 6.07) is 2.55. The van der Waals surface area contributed by atoms with Crippen molar-refractivity contribution in [3.05, 3.63) is 29.3 Å². The Morgan fingerprint density at radius 2 is 1.83 bits per heavy atom. The maximum atomic E-state index is 12.4. The van der Waals surface area contributed by atoms with Gasteiger partial charge in [0.25, 0.3) is 0 Å². The van der Waals surface area contributed by atoms with E-state index in [1.54, 1.807) is 13.0 Å². The molecule has 1 aliphatic rings. The molecule has 0 radical (unpaired) electrons. The monoisotopic (exact) mass is 332 g/mol. The number of rotatable bonds is 0. The summed E-state index contributed by atoms with van der Waals surface area (Å²) in [5.74, 6) is -0.691. The lowest BCUT2D eigenvalue weighted by atomic mass is 9.97. The van der Waals surface area contributed by atoms with Gasteiger partial charge in [0.1, 0.15) is 22.8 Å². The lowest BCUT2D eigenvalue weighted by Crippen LogP contribution is -2.17. The topological polar surface area (TPSA) is 83.8 Å².